The summed E-state index contributed by atoms with van der Waals surface area (Å²) in [6.45, 7) is 2.79. The summed E-state index contributed by atoms with van der Waals surface area (Å²) in [5.74, 6) is 1.71. The van der Waals surface area contributed by atoms with Crippen molar-refractivity contribution in [3.63, 3.8) is 0 Å². The van der Waals surface area contributed by atoms with E-state index in [2.05, 4.69) is 24.0 Å². The highest BCUT2D eigenvalue weighted by Crippen LogP contribution is 2.14. The maximum atomic E-state index is 5.68. The van der Waals surface area contributed by atoms with Crippen molar-refractivity contribution < 1.29 is 4.42 Å². The lowest BCUT2D eigenvalue weighted by Gasteiger charge is -2.01. The fraction of sp³-hybridized carbons (Fsp3) is 0.357. The van der Waals surface area contributed by atoms with Crippen molar-refractivity contribution in [1.82, 2.24) is 4.98 Å². The van der Waals surface area contributed by atoms with Crippen LogP contribution in [0.1, 0.15) is 29.2 Å². The summed E-state index contributed by atoms with van der Waals surface area (Å²) < 4.78 is 5.68. The molecule has 0 aliphatic heterocycles. The van der Waals surface area contributed by atoms with Gasteiger partial charge in [-0.2, -0.15) is 0 Å². The molecule has 0 aliphatic carbocycles. The van der Waals surface area contributed by atoms with Crippen LogP contribution in [0.4, 0.5) is 0 Å². The number of hydrogen-bond donors (Lipinski definition) is 1. The Morgan fingerprint density at radius 1 is 1.29 bits per heavy atom. The first kappa shape index (κ1) is 11.9. The number of nitrogens with zero attached hydrogens (tertiary/aromatic N) is 1. The fourth-order valence-electron chi connectivity index (χ4n) is 1.79. The number of oxazole rings is 1. The third kappa shape index (κ3) is 3.17. The van der Waals surface area contributed by atoms with Crippen molar-refractivity contribution in [2.24, 2.45) is 5.73 Å². The molecule has 2 rings (SSSR count). The minimum atomic E-state index is 0.688. The Morgan fingerprint density at radius 3 is 2.88 bits per heavy atom. The molecule has 0 bridgehead atoms. The van der Waals surface area contributed by atoms with E-state index in [0.717, 1.165) is 30.9 Å². The van der Waals surface area contributed by atoms with Crippen LogP contribution < -0.4 is 5.73 Å². The van der Waals surface area contributed by atoms with Crippen LogP contribution in [-0.4, -0.2) is 11.5 Å². The van der Waals surface area contributed by atoms with E-state index in [0.29, 0.717) is 6.54 Å². The minimum Gasteiger partial charge on any atom is -0.445 e. The van der Waals surface area contributed by atoms with E-state index < -0.39 is 0 Å². The Morgan fingerprint density at radius 2 is 2.12 bits per heavy atom. The highest BCUT2D eigenvalue weighted by atomic mass is 16.4. The molecule has 1 heterocycles. The molecule has 0 unspecified atom stereocenters. The molecule has 0 atom stereocenters. The average Bonchev–Trinajstić information content (AvgIpc) is 2.77. The number of aryl methyl sites for hydroxylation is 2. The molecule has 0 saturated carbocycles. The van der Waals surface area contributed by atoms with E-state index in [1.807, 2.05) is 18.3 Å². The molecule has 0 saturated heterocycles. The maximum Gasteiger partial charge on any atom is 0.198 e. The average molecular weight is 230 g/mol. The van der Waals surface area contributed by atoms with Gasteiger partial charge in [-0.15, -0.1) is 0 Å². The summed E-state index contributed by atoms with van der Waals surface area (Å²) in [4.78, 5) is 4.30. The SMILES string of the molecule is Cc1ccccc1Cc1ncc(CCCN)o1. The van der Waals surface area contributed by atoms with Crippen molar-refractivity contribution >= 4 is 0 Å². The summed E-state index contributed by atoms with van der Waals surface area (Å²) in [6, 6.07) is 8.30. The maximum absolute atomic E-state index is 5.68. The Kier molecular flexibility index (Phi) is 3.94. The summed E-state index contributed by atoms with van der Waals surface area (Å²) in [5, 5.41) is 0. The first-order valence-electron chi connectivity index (χ1n) is 5.97. The lowest BCUT2D eigenvalue weighted by atomic mass is 10.1. The first-order valence-corrected chi connectivity index (χ1v) is 5.97. The van der Waals surface area contributed by atoms with Crippen LogP contribution in [0.15, 0.2) is 34.9 Å². The van der Waals surface area contributed by atoms with Gasteiger partial charge in [-0.1, -0.05) is 24.3 Å². The Labute approximate surface area is 102 Å². The monoisotopic (exact) mass is 230 g/mol. The lowest BCUT2D eigenvalue weighted by molar-refractivity contribution is 0.459. The van der Waals surface area contributed by atoms with Crippen LogP contribution in [0.25, 0.3) is 0 Å². The summed E-state index contributed by atoms with van der Waals surface area (Å²) in [7, 11) is 0. The zero-order chi connectivity index (χ0) is 12.1. The molecule has 1 aromatic heterocycles. The third-order valence-corrected chi connectivity index (χ3v) is 2.83. The number of benzene rings is 1. The van der Waals surface area contributed by atoms with Crippen LogP contribution >= 0.6 is 0 Å². The smallest absolute Gasteiger partial charge is 0.198 e. The Bertz CT molecular complexity index is 477. The molecular weight excluding hydrogens is 212 g/mol. The normalized spacial score (nSPS) is 10.7. The van der Waals surface area contributed by atoms with Gasteiger partial charge in [-0.05, 0) is 31.0 Å². The summed E-state index contributed by atoms with van der Waals surface area (Å²) in [6.07, 6.45) is 4.38. The van der Waals surface area contributed by atoms with Crippen LogP contribution in [0.5, 0.6) is 0 Å². The number of aromatic nitrogens is 1. The van der Waals surface area contributed by atoms with Crippen LogP contribution in [-0.2, 0) is 12.8 Å². The lowest BCUT2D eigenvalue weighted by Crippen LogP contribution is -1.99. The first-order chi connectivity index (χ1) is 8.29. The molecule has 0 spiro atoms. The fourth-order valence-corrected chi connectivity index (χ4v) is 1.79. The highest BCUT2D eigenvalue weighted by molar-refractivity contribution is 5.27. The summed E-state index contributed by atoms with van der Waals surface area (Å²) >= 11 is 0. The zero-order valence-corrected chi connectivity index (χ0v) is 10.1. The van der Waals surface area contributed by atoms with Crippen molar-refractivity contribution in [1.29, 1.82) is 0 Å². The predicted octanol–water partition coefficient (Wildman–Crippen LogP) is 2.47. The van der Waals surface area contributed by atoms with Crippen LogP contribution in [0, 0.1) is 6.92 Å². The molecule has 90 valence electrons. The van der Waals surface area contributed by atoms with Gasteiger partial charge in [-0.25, -0.2) is 4.98 Å². The van der Waals surface area contributed by atoms with E-state index in [1.165, 1.54) is 11.1 Å². The van der Waals surface area contributed by atoms with E-state index in [1.54, 1.807) is 0 Å². The van der Waals surface area contributed by atoms with Gasteiger partial charge >= 0.3 is 0 Å². The van der Waals surface area contributed by atoms with Gasteiger partial charge in [0.25, 0.3) is 0 Å². The van der Waals surface area contributed by atoms with Crippen molar-refractivity contribution in [3.8, 4) is 0 Å². The molecule has 1 aromatic carbocycles. The van der Waals surface area contributed by atoms with Gasteiger partial charge < -0.3 is 10.2 Å². The molecule has 3 heteroatoms. The predicted molar refractivity (Wildman–Crippen MR) is 67.9 cm³/mol. The molecule has 0 amide bonds. The van der Waals surface area contributed by atoms with Crippen molar-refractivity contribution in [2.45, 2.75) is 26.2 Å². The second-order valence-electron chi connectivity index (χ2n) is 4.22. The number of rotatable bonds is 5. The van der Waals surface area contributed by atoms with Gasteiger partial charge in [0.15, 0.2) is 5.89 Å². The molecule has 3 nitrogen and oxygen atoms in total. The van der Waals surface area contributed by atoms with Gasteiger partial charge in [0.1, 0.15) is 5.76 Å². The standard InChI is InChI=1S/C14H18N2O/c1-11-5-2-3-6-12(11)9-14-16-10-13(17-14)7-4-8-15/h2-3,5-6,10H,4,7-9,15H2,1H3. The van der Waals surface area contributed by atoms with Crippen LogP contribution in [0.2, 0.25) is 0 Å². The van der Waals surface area contributed by atoms with E-state index in [-0.39, 0.29) is 0 Å². The quantitative estimate of drug-likeness (QED) is 0.858. The molecule has 17 heavy (non-hydrogen) atoms. The second-order valence-corrected chi connectivity index (χ2v) is 4.22. The molecule has 2 aromatic rings. The highest BCUT2D eigenvalue weighted by Gasteiger charge is 2.06. The summed E-state index contributed by atoms with van der Waals surface area (Å²) in [5.41, 5.74) is 8.00. The van der Waals surface area contributed by atoms with Gasteiger partial charge in [-0.3, -0.25) is 0 Å². The van der Waals surface area contributed by atoms with Gasteiger partial charge in [0.05, 0.1) is 6.20 Å². The second kappa shape index (κ2) is 5.64. The van der Waals surface area contributed by atoms with Crippen LogP contribution in [0.3, 0.4) is 0 Å². The van der Waals surface area contributed by atoms with Crippen molar-refractivity contribution in [2.75, 3.05) is 6.54 Å². The van der Waals surface area contributed by atoms with Gasteiger partial charge in [0.2, 0.25) is 0 Å². The number of hydrogen-bond acceptors (Lipinski definition) is 3. The molecular formula is C14H18N2O. The van der Waals surface area contributed by atoms with Gasteiger partial charge in [0, 0.05) is 12.8 Å². The zero-order valence-electron chi connectivity index (χ0n) is 10.1. The largest absolute Gasteiger partial charge is 0.445 e. The van der Waals surface area contributed by atoms with E-state index in [4.69, 9.17) is 10.2 Å². The van der Waals surface area contributed by atoms with E-state index in [9.17, 15) is 0 Å². The number of nitrogens with two attached hydrogens (primary N) is 1. The molecule has 0 fully saturated rings. The Balaban J connectivity index is 2.04. The van der Waals surface area contributed by atoms with E-state index >= 15 is 0 Å². The topological polar surface area (TPSA) is 52.0 Å². The molecule has 0 radical (unpaired) electrons. The van der Waals surface area contributed by atoms with Crippen molar-refractivity contribution in [3.05, 3.63) is 53.2 Å². The molecule has 0 aliphatic rings. The third-order valence-electron chi connectivity index (χ3n) is 2.83. The minimum absolute atomic E-state index is 0.688. The Hall–Kier alpha value is -1.61. The molecule has 2 N–H and O–H groups in total.